The summed E-state index contributed by atoms with van der Waals surface area (Å²) >= 11 is 0.970. The molecule has 0 saturated carbocycles. The van der Waals surface area contributed by atoms with Crippen molar-refractivity contribution in [1.29, 1.82) is 5.26 Å². The van der Waals surface area contributed by atoms with Gasteiger partial charge in [0.25, 0.3) is 5.91 Å². The molecule has 0 unspecified atom stereocenters. The predicted octanol–water partition coefficient (Wildman–Crippen LogP) is 5.61. The molecule has 2 heterocycles. The number of aromatic nitrogens is 1. The molecule has 236 valence electrons. The van der Waals surface area contributed by atoms with E-state index in [-0.39, 0.29) is 47.3 Å². The number of amides is 1. The van der Waals surface area contributed by atoms with Gasteiger partial charge < -0.3 is 19.7 Å². The van der Waals surface area contributed by atoms with E-state index in [1.54, 1.807) is 4.90 Å². The third-order valence-corrected chi connectivity index (χ3v) is 9.64. The maximum atomic E-state index is 13.1. The van der Waals surface area contributed by atoms with Crippen molar-refractivity contribution < 1.29 is 44.6 Å². The molecule has 44 heavy (non-hydrogen) atoms. The van der Waals surface area contributed by atoms with Crippen LogP contribution in [0, 0.1) is 11.3 Å². The normalized spacial score (nSPS) is 17.8. The summed E-state index contributed by atoms with van der Waals surface area (Å²) in [6, 6.07) is 10.6. The molecular weight excluding hydrogens is 631 g/mol. The minimum absolute atomic E-state index is 0.0769. The van der Waals surface area contributed by atoms with Crippen LogP contribution in [0.15, 0.2) is 59.6 Å². The van der Waals surface area contributed by atoms with E-state index in [1.807, 2.05) is 6.07 Å². The molecule has 1 fully saturated rings. The number of thiazole rings is 1. The number of hydrogen-bond donors (Lipinski definition) is 1. The Kier molecular flexibility index (Phi) is 10.4. The summed E-state index contributed by atoms with van der Waals surface area (Å²) in [6.45, 7) is -1.76. The molecule has 1 saturated heterocycles. The fourth-order valence-corrected chi connectivity index (χ4v) is 6.38. The lowest BCUT2D eigenvalue weighted by Crippen LogP contribution is -2.34. The van der Waals surface area contributed by atoms with E-state index in [1.165, 1.54) is 49.5 Å². The smallest absolute Gasteiger partial charge is 0.416 e. The van der Waals surface area contributed by atoms with Gasteiger partial charge in [-0.05, 0) is 42.0 Å². The summed E-state index contributed by atoms with van der Waals surface area (Å²) in [4.78, 5) is 19.3. The highest BCUT2D eigenvalue weighted by Gasteiger charge is 2.37. The first kappa shape index (κ1) is 33.1. The molecule has 0 radical (unpaired) electrons. The number of carbonyl (C=O) groups is 1. The molecule has 4 rings (SSSR count). The predicted molar refractivity (Wildman–Crippen MR) is 150 cm³/mol. The fourth-order valence-electron chi connectivity index (χ4n) is 4.60. The maximum absolute atomic E-state index is 13.1. The largest absolute Gasteiger partial charge is 0.489 e. The fraction of sp³-hybridized carbons (Fsp3) is 0.393. The number of sulfone groups is 1. The van der Waals surface area contributed by atoms with Gasteiger partial charge in [-0.25, -0.2) is 13.4 Å². The Bertz CT molecular complexity index is 1580. The highest BCUT2D eigenvalue weighted by molar-refractivity contribution is 7.91. The number of anilines is 1. The first-order valence-corrected chi connectivity index (χ1v) is 15.7. The molecule has 0 aliphatic carbocycles. The lowest BCUT2D eigenvalue weighted by molar-refractivity contribution is -0.137. The van der Waals surface area contributed by atoms with Gasteiger partial charge in [-0.2, -0.15) is 27.2 Å². The molecule has 16 heteroatoms. The van der Waals surface area contributed by atoms with Crippen LogP contribution in [-0.4, -0.2) is 57.0 Å². The number of nitrogens with zero attached hydrogens (tertiary/aromatic N) is 3. The van der Waals surface area contributed by atoms with Gasteiger partial charge in [-0.1, -0.05) is 30.4 Å². The Morgan fingerprint density at radius 3 is 2.45 bits per heavy atom. The molecule has 9 nitrogen and oxygen atoms in total. The molecule has 0 bridgehead atoms. The van der Waals surface area contributed by atoms with Crippen molar-refractivity contribution in [2.75, 3.05) is 23.8 Å². The third-order valence-electron chi connectivity index (χ3n) is 6.86. The van der Waals surface area contributed by atoms with Crippen molar-refractivity contribution in [3.63, 3.8) is 0 Å². The second-order valence-corrected chi connectivity index (χ2v) is 13.1. The molecule has 1 aliphatic heterocycles. The molecule has 3 aromatic rings. The van der Waals surface area contributed by atoms with Crippen LogP contribution in [-0.2, 0) is 20.8 Å². The molecule has 1 amide bonds. The van der Waals surface area contributed by atoms with Crippen molar-refractivity contribution in [3.8, 4) is 11.8 Å². The van der Waals surface area contributed by atoms with Crippen molar-refractivity contribution in [2.24, 2.45) is 0 Å². The average Bonchev–Trinajstić information content (AvgIpc) is 3.63. The Hall–Kier alpha value is -3.81. The van der Waals surface area contributed by atoms with E-state index in [0.717, 1.165) is 23.5 Å². The maximum Gasteiger partial charge on any atom is 0.416 e. The molecule has 0 spiro atoms. The Morgan fingerprint density at radius 1 is 1.18 bits per heavy atom. The van der Waals surface area contributed by atoms with Crippen molar-refractivity contribution in [2.45, 2.75) is 55.6 Å². The zero-order chi connectivity index (χ0) is 32.1. The van der Waals surface area contributed by atoms with Crippen LogP contribution < -0.4 is 15.0 Å². The van der Waals surface area contributed by atoms with Gasteiger partial charge >= 0.3 is 12.8 Å². The lowest BCUT2D eigenvalue weighted by atomic mass is 10.0. The van der Waals surface area contributed by atoms with Crippen LogP contribution in [0.3, 0.4) is 0 Å². The highest BCUT2D eigenvalue weighted by atomic mass is 32.2. The van der Waals surface area contributed by atoms with Crippen LogP contribution in [0.2, 0.25) is 0 Å². The molecular formula is C28H27F5N4O5S2. The standard InChI is InChI=1S/C28H27F5N4O5S2/c1-2-44(39,40)22-9-3-17(4-10-22)23(11-12-34)36-25(38)24-14-35-27(43-24)37-15-21(13-19(37)16-41-26(29)30)42-20-7-5-18(6-8-20)28(31,32)33/h3-10,14,19,21,23,26H,2,11,13,15-16H2,1H3,(H,36,38)/t19-,21-,23-/m0/s1. The number of nitrogens with one attached hydrogen (secondary N) is 1. The Balaban J connectivity index is 1.47. The van der Waals surface area contributed by atoms with Crippen LogP contribution in [0.25, 0.3) is 0 Å². The van der Waals surface area contributed by atoms with Crippen LogP contribution in [0.4, 0.5) is 27.1 Å². The highest BCUT2D eigenvalue weighted by Crippen LogP contribution is 2.34. The van der Waals surface area contributed by atoms with E-state index >= 15 is 0 Å². The van der Waals surface area contributed by atoms with E-state index in [2.05, 4.69) is 15.0 Å². The summed E-state index contributed by atoms with van der Waals surface area (Å²) in [5.41, 5.74) is -0.320. The van der Waals surface area contributed by atoms with Crippen LogP contribution in [0.5, 0.6) is 5.75 Å². The van der Waals surface area contributed by atoms with Crippen molar-refractivity contribution >= 4 is 32.2 Å². The number of carbonyl (C=O) groups excluding carboxylic acids is 1. The van der Waals surface area contributed by atoms with E-state index in [0.29, 0.717) is 10.7 Å². The number of hydrogen-bond acceptors (Lipinski definition) is 9. The van der Waals surface area contributed by atoms with E-state index in [4.69, 9.17) is 4.74 Å². The molecule has 1 N–H and O–H groups in total. The Labute approximate surface area is 254 Å². The molecule has 1 aromatic heterocycles. The summed E-state index contributed by atoms with van der Waals surface area (Å²) in [5, 5.41) is 12.4. The second-order valence-electron chi connectivity index (χ2n) is 9.77. The average molecular weight is 659 g/mol. The first-order valence-electron chi connectivity index (χ1n) is 13.3. The van der Waals surface area contributed by atoms with Crippen LogP contribution in [0.1, 0.15) is 46.6 Å². The Morgan fingerprint density at radius 2 is 1.86 bits per heavy atom. The minimum Gasteiger partial charge on any atom is -0.489 e. The zero-order valence-corrected chi connectivity index (χ0v) is 24.8. The summed E-state index contributed by atoms with van der Waals surface area (Å²) in [5.74, 6) is -0.468. The quantitative estimate of drug-likeness (QED) is 0.250. The summed E-state index contributed by atoms with van der Waals surface area (Å²) in [7, 11) is -3.43. The van der Waals surface area contributed by atoms with Gasteiger partial charge in [0.1, 0.15) is 16.7 Å². The van der Waals surface area contributed by atoms with Crippen molar-refractivity contribution in [1.82, 2.24) is 10.3 Å². The van der Waals surface area contributed by atoms with Crippen LogP contribution >= 0.6 is 11.3 Å². The molecule has 2 aromatic carbocycles. The van der Waals surface area contributed by atoms with E-state index in [9.17, 15) is 40.4 Å². The van der Waals surface area contributed by atoms with Gasteiger partial charge in [-0.15, -0.1) is 0 Å². The first-order chi connectivity index (χ1) is 20.8. The topological polar surface area (TPSA) is 122 Å². The molecule has 3 atom stereocenters. The van der Waals surface area contributed by atoms with Gasteiger partial charge in [0.2, 0.25) is 0 Å². The zero-order valence-electron chi connectivity index (χ0n) is 23.1. The summed E-state index contributed by atoms with van der Waals surface area (Å²) in [6.07, 6.45) is -3.71. The van der Waals surface area contributed by atoms with Gasteiger partial charge in [-0.3, -0.25) is 4.79 Å². The second kappa shape index (κ2) is 13.9. The third kappa shape index (κ3) is 8.21. The van der Waals surface area contributed by atoms with E-state index < -0.39 is 52.3 Å². The number of nitriles is 1. The van der Waals surface area contributed by atoms with Crippen molar-refractivity contribution in [3.05, 3.63) is 70.7 Å². The summed E-state index contributed by atoms with van der Waals surface area (Å²) < 4.78 is 98.9. The molecule has 1 aliphatic rings. The monoisotopic (exact) mass is 658 g/mol. The number of rotatable bonds is 12. The lowest BCUT2D eigenvalue weighted by Gasteiger charge is -2.23. The number of ether oxygens (including phenoxy) is 2. The minimum atomic E-state index is -4.51. The number of alkyl halides is 5. The van der Waals surface area contributed by atoms with Gasteiger partial charge in [0.05, 0.1) is 60.1 Å². The SMILES string of the molecule is CCS(=O)(=O)c1ccc([C@H](CC#N)NC(=O)c2cnc(N3C[C@@H](Oc4ccc(C(F)(F)F)cc4)C[C@H]3COC(F)F)s2)cc1. The van der Waals surface area contributed by atoms with Gasteiger partial charge in [0.15, 0.2) is 15.0 Å². The van der Waals surface area contributed by atoms with Gasteiger partial charge in [0, 0.05) is 6.42 Å². The number of halogens is 5. The number of benzene rings is 2.